The summed E-state index contributed by atoms with van der Waals surface area (Å²) in [4.78, 5) is 14.3. The fraction of sp³-hybridized carbons (Fsp3) is 0.333. The minimum atomic E-state index is -0.0867. The van der Waals surface area contributed by atoms with Crippen molar-refractivity contribution < 1.29 is 4.79 Å². The number of amides is 2. The third-order valence-electron chi connectivity index (χ3n) is 4.82. The summed E-state index contributed by atoms with van der Waals surface area (Å²) < 4.78 is 0. The van der Waals surface area contributed by atoms with Crippen LogP contribution in [-0.4, -0.2) is 50.7 Å². The zero-order valence-electron chi connectivity index (χ0n) is 16.8. The molecule has 0 saturated carbocycles. The fourth-order valence-corrected chi connectivity index (χ4v) is 3.03. The van der Waals surface area contributed by atoms with Crippen LogP contribution < -0.4 is 11.1 Å². The largest absolute Gasteiger partial charge is 0.336 e. The number of hydrogen-bond acceptors (Lipinski definition) is 5. The number of H-pyrrole nitrogens is 1. The molecule has 2 aromatic carbocycles. The molecule has 0 aliphatic heterocycles. The van der Waals surface area contributed by atoms with E-state index >= 15 is 0 Å². The summed E-state index contributed by atoms with van der Waals surface area (Å²) in [6.45, 7) is 5.47. The molecule has 1 aromatic heterocycles. The Kier molecular flexibility index (Phi) is 6.91. The average molecular weight is 393 g/mol. The van der Waals surface area contributed by atoms with Crippen molar-refractivity contribution in [3.05, 3.63) is 54.1 Å². The van der Waals surface area contributed by atoms with Crippen molar-refractivity contribution in [1.29, 1.82) is 0 Å². The van der Waals surface area contributed by atoms with Gasteiger partial charge in [0.05, 0.1) is 0 Å². The molecule has 1 heterocycles. The van der Waals surface area contributed by atoms with E-state index in [0.717, 1.165) is 28.7 Å². The number of aromatic nitrogens is 4. The second-order valence-corrected chi connectivity index (χ2v) is 6.95. The zero-order valence-corrected chi connectivity index (χ0v) is 16.8. The summed E-state index contributed by atoms with van der Waals surface area (Å²) in [5.74, 6) is 0.556. The molecule has 3 aromatic rings. The van der Waals surface area contributed by atoms with E-state index in [9.17, 15) is 4.79 Å². The Morgan fingerprint density at radius 2 is 1.90 bits per heavy atom. The molecule has 8 heteroatoms. The predicted octanol–water partition coefficient (Wildman–Crippen LogP) is 2.80. The van der Waals surface area contributed by atoms with Crippen molar-refractivity contribution in [2.24, 2.45) is 5.73 Å². The maximum atomic E-state index is 12.5. The van der Waals surface area contributed by atoms with Gasteiger partial charge in [0.2, 0.25) is 5.82 Å². The Balaban J connectivity index is 1.77. The monoisotopic (exact) mass is 393 g/mol. The molecule has 0 saturated heterocycles. The minimum absolute atomic E-state index is 0.0867. The normalized spacial score (nSPS) is 11.8. The summed E-state index contributed by atoms with van der Waals surface area (Å²) in [6, 6.07) is 16.1. The molecule has 1 unspecified atom stereocenters. The maximum absolute atomic E-state index is 12.5. The lowest BCUT2D eigenvalue weighted by Gasteiger charge is -2.24. The van der Waals surface area contributed by atoms with Crippen molar-refractivity contribution in [3.63, 3.8) is 0 Å². The Bertz CT molecular complexity index is 909. The Labute approximate surface area is 170 Å². The highest BCUT2D eigenvalue weighted by atomic mass is 16.2. The number of rotatable bonds is 8. The number of aromatic amines is 1. The second kappa shape index (κ2) is 9.79. The van der Waals surface area contributed by atoms with Crippen LogP contribution >= 0.6 is 0 Å². The van der Waals surface area contributed by atoms with E-state index in [2.05, 4.69) is 25.9 Å². The van der Waals surface area contributed by atoms with E-state index in [1.165, 1.54) is 0 Å². The third kappa shape index (κ3) is 5.17. The van der Waals surface area contributed by atoms with Gasteiger partial charge in [-0.2, -0.15) is 5.21 Å². The average Bonchev–Trinajstić information content (AvgIpc) is 3.28. The molecule has 0 spiro atoms. The number of nitrogens with one attached hydrogen (secondary N) is 2. The van der Waals surface area contributed by atoms with Crippen molar-refractivity contribution >= 4 is 6.03 Å². The Hall–Kier alpha value is -3.26. The van der Waals surface area contributed by atoms with Crippen LogP contribution in [0.1, 0.15) is 25.8 Å². The first-order valence-electron chi connectivity index (χ1n) is 9.80. The van der Waals surface area contributed by atoms with Crippen LogP contribution in [-0.2, 0) is 6.54 Å². The van der Waals surface area contributed by atoms with Crippen molar-refractivity contribution in [3.8, 4) is 22.5 Å². The molecule has 1 atom stereocenters. The number of hydrogen-bond donors (Lipinski definition) is 3. The molecular formula is C21H27N7O. The zero-order chi connectivity index (χ0) is 20.6. The topological polar surface area (TPSA) is 113 Å². The van der Waals surface area contributed by atoms with Crippen LogP contribution in [0.3, 0.4) is 0 Å². The van der Waals surface area contributed by atoms with E-state index in [0.29, 0.717) is 25.5 Å². The standard InChI is InChI=1S/C21H27N7O/c1-3-15(2)23-21(29)28(13-12-22)14-16-8-10-17(11-9-16)18-6-4-5-7-19(18)20-24-26-27-25-20/h4-11,15H,3,12-14,22H2,1-2H3,(H,23,29)(H,24,25,26,27). The molecule has 0 aliphatic rings. The number of benzene rings is 2. The molecule has 152 valence electrons. The first-order chi connectivity index (χ1) is 14.1. The molecule has 4 N–H and O–H groups in total. The number of urea groups is 1. The van der Waals surface area contributed by atoms with E-state index in [-0.39, 0.29) is 12.1 Å². The summed E-state index contributed by atoms with van der Waals surface area (Å²) in [5, 5.41) is 17.3. The van der Waals surface area contributed by atoms with E-state index < -0.39 is 0 Å². The van der Waals surface area contributed by atoms with Crippen LogP contribution in [0.2, 0.25) is 0 Å². The van der Waals surface area contributed by atoms with Gasteiger partial charge in [-0.1, -0.05) is 55.5 Å². The summed E-state index contributed by atoms with van der Waals surface area (Å²) in [7, 11) is 0. The van der Waals surface area contributed by atoms with Gasteiger partial charge < -0.3 is 16.0 Å². The van der Waals surface area contributed by atoms with Crippen LogP contribution in [0.15, 0.2) is 48.5 Å². The first-order valence-corrected chi connectivity index (χ1v) is 9.80. The molecule has 0 radical (unpaired) electrons. The van der Waals surface area contributed by atoms with Crippen LogP contribution in [0.25, 0.3) is 22.5 Å². The van der Waals surface area contributed by atoms with Crippen molar-refractivity contribution in [1.82, 2.24) is 30.8 Å². The third-order valence-corrected chi connectivity index (χ3v) is 4.82. The highest BCUT2D eigenvalue weighted by Crippen LogP contribution is 2.29. The van der Waals surface area contributed by atoms with Gasteiger partial charge in [0.1, 0.15) is 0 Å². The van der Waals surface area contributed by atoms with Crippen LogP contribution in [0.5, 0.6) is 0 Å². The Morgan fingerprint density at radius 1 is 1.17 bits per heavy atom. The van der Waals surface area contributed by atoms with Gasteiger partial charge in [-0.05, 0) is 35.2 Å². The SMILES string of the molecule is CCC(C)NC(=O)N(CCN)Cc1ccc(-c2ccccc2-c2nn[nH]n2)cc1. The lowest BCUT2D eigenvalue weighted by atomic mass is 9.98. The molecule has 0 bridgehead atoms. The van der Waals surface area contributed by atoms with Gasteiger partial charge in [-0.3, -0.25) is 0 Å². The van der Waals surface area contributed by atoms with Crippen molar-refractivity contribution in [2.75, 3.05) is 13.1 Å². The smallest absolute Gasteiger partial charge is 0.317 e. The van der Waals surface area contributed by atoms with E-state index in [1.807, 2.05) is 62.4 Å². The number of tetrazole rings is 1. The summed E-state index contributed by atoms with van der Waals surface area (Å²) in [6.07, 6.45) is 0.886. The van der Waals surface area contributed by atoms with Gasteiger partial charge in [-0.15, -0.1) is 10.2 Å². The Morgan fingerprint density at radius 3 is 2.52 bits per heavy atom. The molecular weight excluding hydrogens is 366 g/mol. The molecule has 0 aliphatic carbocycles. The number of carbonyl (C=O) groups is 1. The lowest BCUT2D eigenvalue weighted by molar-refractivity contribution is 0.193. The van der Waals surface area contributed by atoms with Gasteiger partial charge in [0, 0.05) is 31.2 Å². The number of nitrogens with zero attached hydrogens (tertiary/aromatic N) is 4. The predicted molar refractivity (Wildman–Crippen MR) is 113 cm³/mol. The molecule has 2 amide bonds. The van der Waals surface area contributed by atoms with Gasteiger partial charge >= 0.3 is 6.03 Å². The first kappa shape index (κ1) is 20.5. The van der Waals surface area contributed by atoms with Gasteiger partial charge in [0.25, 0.3) is 0 Å². The highest BCUT2D eigenvalue weighted by Gasteiger charge is 2.15. The number of nitrogens with two attached hydrogens (primary N) is 1. The molecule has 8 nitrogen and oxygen atoms in total. The van der Waals surface area contributed by atoms with Crippen LogP contribution in [0, 0.1) is 0 Å². The number of carbonyl (C=O) groups excluding carboxylic acids is 1. The van der Waals surface area contributed by atoms with Gasteiger partial charge in [0.15, 0.2) is 0 Å². The maximum Gasteiger partial charge on any atom is 0.317 e. The van der Waals surface area contributed by atoms with E-state index in [1.54, 1.807) is 4.90 Å². The summed E-state index contributed by atoms with van der Waals surface area (Å²) >= 11 is 0. The molecule has 0 fully saturated rings. The molecule has 29 heavy (non-hydrogen) atoms. The van der Waals surface area contributed by atoms with Gasteiger partial charge in [-0.25, -0.2) is 4.79 Å². The second-order valence-electron chi connectivity index (χ2n) is 6.95. The quantitative estimate of drug-likeness (QED) is 0.545. The van der Waals surface area contributed by atoms with Crippen molar-refractivity contribution in [2.45, 2.75) is 32.9 Å². The van der Waals surface area contributed by atoms with E-state index in [4.69, 9.17) is 5.73 Å². The highest BCUT2D eigenvalue weighted by molar-refractivity contribution is 5.80. The van der Waals surface area contributed by atoms with Crippen LogP contribution in [0.4, 0.5) is 4.79 Å². The fourth-order valence-electron chi connectivity index (χ4n) is 3.03. The molecule has 3 rings (SSSR count). The lowest BCUT2D eigenvalue weighted by Crippen LogP contribution is -2.45. The summed E-state index contributed by atoms with van der Waals surface area (Å²) in [5.41, 5.74) is 9.72. The minimum Gasteiger partial charge on any atom is -0.336 e.